The van der Waals surface area contributed by atoms with Gasteiger partial charge < -0.3 is 4.52 Å². The van der Waals surface area contributed by atoms with Gasteiger partial charge in [0, 0.05) is 11.3 Å². The number of hydrogen-bond donors (Lipinski definition) is 2. The Morgan fingerprint density at radius 3 is 2.20 bits per heavy atom. The van der Waals surface area contributed by atoms with Crippen LogP contribution >= 0.6 is 0 Å². The first kappa shape index (κ1) is 19.3. The minimum Gasteiger partial charge on any atom is -0.337 e. The van der Waals surface area contributed by atoms with Gasteiger partial charge in [-0.3, -0.25) is 4.72 Å². The Morgan fingerprint density at radius 1 is 1.04 bits per heavy atom. The van der Waals surface area contributed by atoms with Crippen LogP contribution in [0.3, 0.4) is 0 Å². The number of rotatable bonds is 8. The van der Waals surface area contributed by atoms with Crippen LogP contribution in [0.5, 0.6) is 0 Å². The molecule has 25 heavy (non-hydrogen) atoms. The Labute approximate surface area is 147 Å². The molecule has 0 radical (unpaired) electrons. The highest BCUT2D eigenvalue weighted by Crippen LogP contribution is 2.22. The molecular weight excluding hydrogens is 366 g/mol. The van der Waals surface area contributed by atoms with Crippen LogP contribution in [0.1, 0.15) is 31.0 Å². The van der Waals surface area contributed by atoms with Gasteiger partial charge in [-0.15, -0.1) is 0 Å². The van der Waals surface area contributed by atoms with Crippen molar-refractivity contribution in [1.29, 1.82) is 0 Å². The molecule has 0 bridgehead atoms. The molecule has 2 aromatic rings. The Morgan fingerprint density at radius 2 is 1.68 bits per heavy atom. The van der Waals surface area contributed by atoms with E-state index in [-0.39, 0.29) is 16.5 Å². The number of aryl methyl sites for hydroxylation is 1. The molecule has 1 aromatic heterocycles. The third-order valence-corrected chi connectivity index (χ3v) is 6.31. The summed E-state index contributed by atoms with van der Waals surface area (Å²) in [6, 6.07) is 5.43. The van der Waals surface area contributed by atoms with E-state index in [9.17, 15) is 16.8 Å². The van der Waals surface area contributed by atoms with Gasteiger partial charge in [0.25, 0.3) is 10.0 Å². The fourth-order valence-corrected chi connectivity index (χ4v) is 4.27. The standard InChI is InChI=1S/C15H21N3O5S2/c1-4-5-10-24(19,20)17-13-6-8-14(9-7-13)25(21,22)18-15-11(2)12(3)16-23-15/h6-9,17-18H,4-5,10H2,1-3H3. The molecule has 1 heterocycles. The molecular formula is C15H21N3O5S2. The predicted molar refractivity (Wildman–Crippen MR) is 95.5 cm³/mol. The van der Waals surface area contributed by atoms with Crippen LogP contribution in [0.25, 0.3) is 0 Å². The van der Waals surface area contributed by atoms with Crippen molar-refractivity contribution < 1.29 is 21.4 Å². The van der Waals surface area contributed by atoms with Crippen molar-refractivity contribution in [3.8, 4) is 0 Å². The van der Waals surface area contributed by atoms with Gasteiger partial charge in [-0.25, -0.2) is 21.6 Å². The van der Waals surface area contributed by atoms with Gasteiger partial charge in [-0.1, -0.05) is 18.5 Å². The highest BCUT2D eigenvalue weighted by atomic mass is 32.2. The number of unbranched alkanes of at least 4 members (excludes halogenated alkanes) is 1. The Hall–Kier alpha value is -2.07. The number of aromatic nitrogens is 1. The molecule has 138 valence electrons. The summed E-state index contributed by atoms with van der Waals surface area (Å²) in [5.74, 6) is 0.0803. The van der Waals surface area contributed by atoms with Gasteiger partial charge in [-0.05, 0) is 44.5 Å². The second-order valence-electron chi connectivity index (χ2n) is 5.63. The number of anilines is 2. The molecule has 0 saturated heterocycles. The molecule has 0 fully saturated rings. The second-order valence-corrected chi connectivity index (χ2v) is 9.15. The molecule has 10 heteroatoms. The van der Waals surface area contributed by atoms with Crippen LogP contribution in [-0.4, -0.2) is 27.7 Å². The summed E-state index contributed by atoms with van der Waals surface area (Å²) >= 11 is 0. The van der Waals surface area contributed by atoms with E-state index < -0.39 is 20.0 Å². The van der Waals surface area contributed by atoms with Crippen molar-refractivity contribution in [3.63, 3.8) is 0 Å². The normalized spacial score (nSPS) is 12.1. The summed E-state index contributed by atoms with van der Waals surface area (Å²) < 4.78 is 58.1. The molecule has 2 rings (SSSR count). The lowest BCUT2D eigenvalue weighted by atomic mass is 10.3. The average molecular weight is 387 g/mol. The first-order chi connectivity index (χ1) is 11.6. The van der Waals surface area contributed by atoms with Crippen molar-refractivity contribution >= 4 is 31.6 Å². The largest absolute Gasteiger partial charge is 0.337 e. The summed E-state index contributed by atoms with van der Waals surface area (Å²) in [6.45, 7) is 5.30. The van der Waals surface area contributed by atoms with Gasteiger partial charge in [-0.2, -0.15) is 0 Å². The molecule has 1 aromatic carbocycles. The van der Waals surface area contributed by atoms with E-state index in [4.69, 9.17) is 4.52 Å². The van der Waals surface area contributed by atoms with Crippen molar-refractivity contribution in [3.05, 3.63) is 35.5 Å². The highest BCUT2D eigenvalue weighted by molar-refractivity contribution is 7.93. The fourth-order valence-electron chi connectivity index (χ4n) is 1.96. The lowest BCUT2D eigenvalue weighted by Gasteiger charge is -2.09. The smallest absolute Gasteiger partial charge is 0.264 e. The van der Waals surface area contributed by atoms with Gasteiger partial charge >= 0.3 is 0 Å². The van der Waals surface area contributed by atoms with E-state index in [2.05, 4.69) is 14.6 Å². The first-order valence-electron chi connectivity index (χ1n) is 7.71. The van der Waals surface area contributed by atoms with E-state index >= 15 is 0 Å². The van der Waals surface area contributed by atoms with Crippen LogP contribution in [0.2, 0.25) is 0 Å². The number of hydrogen-bond acceptors (Lipinski definition) is 6. The van der Waals surface area contributed by atoms with Crippen LogP contribution in [-0.2, 0) is 20.0 Å². The summed E-state index contributed by atoms with van der Waals surface area (Å²) in [5.41, 5.74) is 1.50. The predicted octanol–water partition coefficient (Wildman–Crippen LogP) is 2.63. The third kappa shape index (κ3) is 4.95. The fraction of sp³-hybridized carbons (Fsp3) is 0.400. The molecule has 0 aliphatic carbocycles. The number of sulfonamides is 2. The summed E-state index contributed by atoms with van der Waals surface area (Å²) in [5, 5.41) is 3.69. The number of nitrogens with zero attached hydrogens (tertiary/aromatic N) is 1. The van der Waals surface area contributed by atoms with E-state index in [1.165, 1.54) is 24.3 Å². The Balaban J connectivity index is 2.14. The number of nitrogens with one attached hydrogen (secondary N) is 2. The van der Waals surface area contributed by atoms with Crippen LogP contribution in [0.4, 0.5) is 11.6 Å². The molecule has 8 nitrogen and oxygen atoms in total. The zero-order valence-electron chi connectivity index (χ0n) is 14.2. The topological polar surface area (TPSA) is 118 Å². The zero-order chi connectivity index (χ0) is 18.7. The van der Waals surface area contributed by atoms with E-state index in [1.807, 2.05) is 6.92 Å². The third-order valence-electron chi connectivity index (χ3n) is 3.59. The first-order valence-corrected chi connectivity index (χ1v) is 10.8. The van der Waals surface area contributed by atoms with Gasteiger partial charge in [0.1, 0.15) is 0 Å². The van der Waals surface area contributed by atoms with Gasteiger partial charge in [0.05, 0.1) is 16.3 Å². The summed E-state index contributed by atoms with van der Waals surface area (Å²) in [7, 11) is -7.29. The second kappa shape index (κ2) is 7.44. The summed E-state index contributed by atoms with van der Waals surface area (Å²) in [6.07, 6.45) is 1.33. The minimum atomic E-state index is -3.86. The van der Waals surface area contributed by atoms with Crippen LogP contribution < -0.4 is 9.44 Å². The van der Waals surface area contributed by atoms with E-state index in [1.54, 1.807) is 13.8 Å². The minimum absolute atomic E-state index is 0.0162. The molecule has 0 saturated carbocycles. The SMILES string of the molecule is CCCCS(=O)(=O)Nc1ccc(S(=O)(=O)Nc2onc(C)c2C)cc1. The molecule has 0 unspecified atom stereocenters. The maximum absolute atomic E-state index is 12.4. The van der Waals surface area contributed by atoms with Gasteiger partial charge in [0.2, 0.25) is 15.9 Å². The number of benzene rings is 1. The van der Waals surface area contributed by atoms with Crippen molar-refractivity contribution in [1.82, 2.24) is 5.16 Å². The van der Waals surface area contributed by atoms with Crippen LogP contribution in [0, 0.1) is 13.8 Å². The molecule has 0 atom stereocenters. The Kier molecular flexibility index (Phi) is 5.73. The van der Waals surface area contributed by atoms with Crippen molar-refractivity contribution in [2.24, 2.45) is 0 Å². The zero-order valence-corrected chi connectivity index (χ0v) is 15.9. The molecule has 0 aliphatic rings. The van der Waals surface area contributed by atoms with E-state index in [0.717, 1.165) is 6.42 Å². The molecule has 0 aliphatic heterocycles. The Bertz CT molecular complexity index is 932. The highest BCUT2D eigenvalue weighted by Gasteiger charge is 2.19. The molecule has 0 spiro atoms. The lowest BCUT2D eigenvalue weighted by Crippen LogP contribution is -2.17. The maximum atomic E-state index is 12.4. The quantitative estimate of drug-likeness (QED) is 0.719. The average Bonchev–Trinajstić information content (AvgIpc) is 2.85. The molecule has 0 amide bonds. The van der Waals surface area contributed by atoms with Crippen molar-refractivity contribution in [2.75, 3.05) is 15.2 Å². The van der Waals surface area contributed by atoms with Crippen molar-refractivity contribution in [2.45, 2.75) is 38.5 Å². The summed E-state index contributed by atoms with van der Waals surface area (Å²) in [4.78, 5) is -0.0162. The molecule has 2 N–H and O–H groups in total. The lowest BCUT2D eigenvalue weighted by molar-refractivity contribution is 0.430. The van der Waals surface area contributed by atoms with Gasteiger partial charge in [0.15, 0.2) is 0 Å². The monoisotopic (exact) mass is 387 g/mol. The maximum Gasteiger partial charge on any atom is 0.264 e. The van der Waals surface area contributed by atoms with Crippen LogP contribution in [0.15, 0.2) is 33.7 Å². The van der Waals surface area contributed by atoms with E-state index in [0.29, 0.717) is 23.4 Å².